The van der Waals surface area contributed by atoms with Gasteiger partial charge in [0.2, 0.25) is 5.91 Å². The number of hydrogen-bond donors (Lipinski definition) is 1. The predicted octanol–water partition coefficient (Wildman–Crippen LogP) is 2.92. The van der Waals surface area contributed by atoms with Crippen LogP contribution in [0.1, 0.15) is 43.2 Å². The van der Waals surface area contributed by atoms with E-state index in [0.717, 1.165) is 56.5 Å². The van der Waals surface area contributed by atoms with Gasteiger partial charge < -0.3 is 10.2 Å². The van der Waals surface area contributed by atoms with Crippen molar-refractivity contribution in [1.29, 1.82) is 0 Å². The summed E-state index contributed by atoms with van der Waals surface area (Å²) in [6.45, 7) is 6.81. The standard InChI is InChI=1S/C25H35N5O/c1-18-13-20(22-7-6-19(14-26-2)25-23(22)5-4-10-27-25)16-30(15-18)17-24(31)28-21-8-11-29(3)12-9-21/h4-7,10,14,18,20-21H,8-9,11-13,15-17H2,1-3H3,(H,28,31)/b26-14-/t18-,20+/m1/s1. The number of hydrogen-bond acceptors (Lipinski definition) is 5. The number of pyridine rings is 1. The molecule has 6 nitrogen and oxygen atoms in total. The van der Waals surface area contributed by atoms with Crippen LogP contribution in [0.15, 0.2) is 35.5 Å². The third-order valence-electron chi connectivity index (χ3n) is 6.73. The Labute approximate surface area is 185 Å². The highest BCUT2D eigenvalue weighted by atomic mass is 16.2. The highest BCUT2D eigenvalue weighted by Crippen LogP contribution is 2.34. The number of benzene rings is 1. The first kappa shape index (κ1) is 21.9. The Kier molecular flexibility index (Phi) is 6.98. The summed E-state index contributed by atoms with van der Waals surface area (Å²) in [5, 5.41) is 4.48. The highest BCUT2D eigenvalue weighted by molar-refractivity contribution is 5.99. The number of piperidine rings is 2. The van der Waals surface area contributed by atoms with E-state index in [1.807, 2.05) is 18.5 Å². The maximum Gasteiger partial charge on any atom is 0.234 e. The lowest BCUT2D eigenvalue weighted by Crippen LogP contribution is -2.49. The highest BCUT2D eigenvalue weighted by Gasteiger charge is 2.29. The van der Waals surface area contributed by atoms with Crippen molar-refractivity contribution in [2.75, 3.05) is 46.8 Å². The summed E-state index contributed by atoms with van der Waals surface area (Å²) in [5.74, 6) is 1.13. The minimum atomic E-state index is 0.170. The van der Waals surface area contributed by atoms with Crippen molar-refractivity contribution >= 4 is 23.0 Å². The minimum absolute atomic E-state index is 0.170. The van der Waals surface area contributed by atoms with Gasteiger partial charge in [-0.15, -0.1) is 0 Å². The molecule has 3 heterocycles. The monoisotopic (exact) mass is 421 g/mol. The summed E-state index contributed by atoms with van der Waals surface area (Å²) in [7, 11) is 3.94. The first-order valence-corrected chi connectivity index (χ1v) is 11.5. The molecule has 2 saturated heterocycles. The SMILES string of the molecule is C/N=C\c1ccc([C@H]2C[C@@H](C)CN(CC(=O)NC3CCN(C)CC3)C2)c2cccnc12. The van der Waals surface area contributed by atoms with Gasteiger partial charge in [0, 0.05) is 49.5 Å². The molecule has 1 N–H and O–H groups in total. The lowest BCUT2D eigenvalue weighted by Gasteiger charge is -2.37. The van der Waals surface area contributed by atoms with Gasteiger partial charge in [-0.2, -0.15) is 0 Å². The van der Waals surface area contributed by atoms with Gasteiger partial charge in [0.05, 0.1) is 12.1 Å². The third-order valence-corrected chi connectivity index (χ3v) is 6.73. The van der Waals surface area contributed by atoms with Crippen molar-refractivity contribution < 1.29 is 4.79 Å². The topological polar surface area (TPSA) is 60.8 Å². The number of likely N-dealkylation sites (tertiary alicyclic amines) is 2. The summed E-state index contributed by atoms with van der Waals surface area (Å²) in [5.41, 5.74) is 3.40. The molecular formula is C25H35N5O. The number of nitrogens with zero attached hydrogens (tertiary/aromatic N) is 4. The first-order valence-electron chi connectivity index (χ1n) is 11.5. The molecule has 0 spiro atoms. The van der Waals surface area contributed by atoms with Crippen molar-refractivity contribution in [1.82, 2.24) is 20.1 Å². The molecule has 2 aliphatic heterocycles. The van der Waals surface area contributed by atoms with E-state index in [-0.39, 0.29) is 5.91 Å². The molecule has 166 valence electrons. The van der Waals surface area contributed by atoms with E-state index >= 15 is 0 Å². The number of fused-ring (bicyclic) bond motifs is 1. The van der Waals surface area contributed by atoms with Crippen molar-refractivity contribution in [3.8, 4) is 0 Å². The predicted molar refractivity (Wildman–Crippen MR) is 127 cm³/mol. The van der Waals surface area contributed by atoms with Gasteiger partial charge in [-0.1, -0.05) is 25.1 Å². The van der Waals surface area contributed by atoms with Gasteiger partial charge in [0.15, 0.2) is 0 Å². The van der Waals surface area contributed by atoms with Gasteiger partial charge in [-0.25, -0.2) is 0 Å². The summed E-state index contributed by atoms with van der Waals surface area (Å²) < 4.78 is 0. The van der Waals surface area contributed by atoms with Gasteiger partial charge in [-0.3, -0.25) is 19.7 Å². The fraction of sp³-hybridized carbons (Fsp3) is 0.560. The molecule has 6 heteroatoms. The van der Waals surface area contributed by atoms with Crippen LogP contribution in [0, 0.1) is 5.92 Å². The number of aromatic nitrogens is 1. The molecule has 0 radical (unpaired) electrons. The number of aliphatic imine (C=N–C) groups is 1. The fourth-order valence-electron chi connectivity index (χ4n) is 5.26. The Morgan fingerprint density at radius 1 is 1.26 bits per heavy atom. The van der Waals surface area contributed by atoms with Crippen LogP contribution in [0.3, 0.4) is 0 Å². The van der Waals surface area contributed by atoms with Crippen LogP contribution >= 0.6 is 0 Å². The summed E-state index contributed by atoms with van der Waals surface area (Å²) in [6, 6.07) is 8.87. The average Bonchev–Trinajstić information content (AvgIpc) is 2.75. The maximum absolute atomic E-state index is 12.7. The lowest BCUT2D eigenvalue weighted by atomic mass is 9.83. The van der Waals surface area contributed by atoms with E-state index < -0.39 is 0 Å². The van der Waals surface area contributed by atoms with Crippen molar-refractivity contribution in [3.05, 3.63) is 41.6 Å². The maximum atomic E-state index is 12.7. The van der Waals surface area contributed by atoms with Crippen LogP contribution in [-0.2, 0) is 4.79 Å². The smallest absolute Gasteiger partial charge is 0.234 e. The van der Waals surface area contributed by atoms with Crippen LogP contribution in [-0.4, -0.2) is 79.8 Å². The van der Waals surface area contributed by atoms with Crippen molar-refractivity contribution in [2.45, 2.75) is 38.1 Å². The molecule has 2 atom stereocenters. The molecule has 1 amide bonds. The Morgan fingerprint density at radius 3 is 2.84 bits per heavy atom. The molecular weight excluding hydrogens is 386 g/mol. The summed E-state index contributed by atoms with van der Waals surface area (Å²) in [6.07, 6.45) is 6.96. The molecule has 0 unspecified atom stereocenters. The number of nitrogens with one attached hydrogen (secondary N) is 1. The van der Waals surface area contributed by atoms with E-state index in [9.17, 15) is 4.79 Å². The molecule has 1 aromatic carbocycles. The second kappa shape index (κ2) is 9.88. The van der Waals surface area contributed by atoms with E-state index in [4.69, 9.17) is 0 Å². The molecule has 4 rings (SSSR count). The number of amides is 1. The first-order chi connectivity index (χ1) is 15.0. The second-order valence-corrected chi connectivity index (χ2v) is 9.41. The Hall–Kier alpha value is -2.31. The Morgan fingerprint density at radius 2 is 2.06 bits per heavy atom. The van der Waals surface area contributed by atoms with Gasteiger partial charge in [0.1, 0.15) is 0 Å². The summed E-state index contributed by atoms with van der Waals surface area (Å²) in [4.78, 5) is 26.2. The van der Waals surface area contributed by atoms with Crippen LogP contribution in [0.2, 0.25) is 0 Å². The zero-order valence-corrected chi connectivity index (χ0v) is 19.1. The van der Waals surface area contributed by atoms with Crippen molar-refractivity contribution in [3.63, 3.8) is 0 Å². The van der Waals surface area contributed by atoms with Gasteiger partial charge in [0.25, 0.3) is 0 Å². The number of rotatable bonds is 5. The van der Waals surface area contributed by atoms with Crippen LogP contribution in [0.25, 0.3) is 10.9 Å². The summed E-state index contributed by atoms with van der Waals surface area (Å²) >= 11 is 0. The Bertz CT molecular complexity index is 935. The molecule has 1 aromatic heterocycles. The Balaban J connectivity index is 1.47. The quantitative estimate of drug-likeness (QED) is 0.754. The molecule has 31 heavy (non-hydrogen) atoms. The van der Waals surface area contributed by atoms with E-state index in [0.29, 0.717) is 24.4 Å². The zero-order valence-electron chi connectivity index (χ0n) is 19.1. The number of carbonyl (C=O) groups is 1. The largest absolute Gasteiger partial charge is 0.352 e. The average molecular weight is 422 g/mol. The van der Waals surface area contributed by atoms with Crippen LogP contribution in [0.4, 0.5) is 0 Å². The van der Waals surface area contributed by atoms with Crippen LogP contribution < -0.4 is 5.32 Å². The van der Waals surface area contributed by atoms with E-state index in [1.165, 1.54) is 10.9 Å². The molecule has 0 bridgehead atoms. The fourth-order valence-corrected chi connectivity index (χ4v) is 5.26. The zero-order chi connectivity index (χ0) is 21.8. The molecule has 2 aliphatic rings. The van der Waals surface area contributed by atoms with Crippen molar-refractivity contribution in [2.24, 2.45) is 10.9 Å². The molecule has 0 saturated carbocycles. The molecule has 2 fully saturated rings. The third kappa shape index (κ3) is 5.31. The normalized spacial score (nSPS) is 24.1. The minimum Gasteiger partial charge on any atom is -0.352 e. The second-order valence-electron chi connectivity index (χ2n) is 9.41. The number of carbonyl (C=O) groups excluding carboxylic acids is 1. The molecule has 2 aromatic rings. The van der Waals surface area contributed by atoms with E-state index in [1.54, 1.807) is 7.05 Å². The molecule has 0 aliphatic carbocycles. The van der Waals surface area contributed by atoms with E-state index in [2.05, 4.69) is 57.3 Å². The van der Waals surface area contributed by atoms with Gasteiger partial charge >= 0.3 is 0 Å². The lowest BCUT2D eigenvalue weighted by molar-refractivity contribution is -0.123. The van der Waals surface area contributed by atoms with Crippen LogP contribution in [0.5, 0.6) is 0 Å². The van der Waals surface area contributed by atoms with Gasteiger partial charge in [-0.05, 0) is 62.9 Å².